The van der Waals surface area contributed by atoms with E-state index in [0.29, 0.717) is 6.04 Å². The van der Waals surface area contributed by atoms with E-state index in [1.165, 1.54) is 12.8 Å². The number of likely N-dealkylation sites (tertiary alicyclic amines) is 1. The van der Waals surface area contributed by atoms with Crippen molar-refractivity contribution in [1.82, 2.24) is 15.5 Å². The van der Waals surface area contributed by atoms with Crippen molar-refractivity contribution in [3.8, 4) is 0 Å². The SMILES string of the molecule is CC(=O)N[C@@H]1CCCN([C@H](C)C(=O)NC2CCC(C)CC2)C1. The number of nitrogens with zero attached hydrogens (tertiary/aromatic N) is 1. The molecule has 2 aliphatic rings. The van der Waals surface area contributed by atoms with E-state index in [4.69, 9.17) is 0 Å². The summed E-state index contributed by atoms with van der Waals surface area (Å²) in [5, 5.41) is 6.20. The van der Waals surface area contributed by atoms with E-state index in [0.717, 1.165) is 44.7 Å². The number of hydrogen-bond donors (Lipinski definition) is 2. The fourth-order valence-electron chi connectivity index (χ4n) is 3.66. The monoisotopic (exact) mass is 309 g/mol. The summed E-state index contributed by atoms with van der Waals surface area (Å²) in [6, 6.07) is 0.412. The largest absolute Gasteiger partial charge is 0.352 e. The smallest absolute Gasteiger partial charge is 0.237 e. The molecule has 126 valence electrons. The summed E-state index contributed by atoms with van der Waals surface area (Å²) in [6.07, 6.45) is 6.68. The second-order valence-corrected chi connectivity index (χ2v) is 7.18. The Labute approximate surface area is 134 Å². The van der Waals surface area contributed by atoms with E-state index in [9.17, 15) is 9.59 Å². The zero-order chi connectivity index (χ0) is 16.1. The molecule has 5 nitrogen and oxygen atoms in total. The lowest BCUT2D eigenvalue weighted by molar-refractivity contribution is -0.127. The Morgan fingerprint density at radius 2 is 1.73 bits per heavy atom. The molecule has 1 saturated carbocycles. The van der Waals surface area contributed by atoms with Crippen molar-refractivity contribution in [1.29, 1.82) is 0 Å². The summed E-state index contributed by atoms with van der Waals surface area (Å²) in [6.45, 7) is 7.54. The quantitative estimate of drug-likeness (QED) is 0.830. The van der Waals surface area contributed by atoms with Crippen molar-refractivity contribution in [2.24, 2.45) is 5.92 Å². The van der Waals surface area contributed by atoms with Gasteiger partial charge >= 0.3 is 0 Å². The Hall–Kier alpha value is -1.10. The van der Waals surface area contributed by atoms with Crippen molar-refractivity contribution >= 4 is 11.8 Å². The molecule has 0 bridgehead atoms. The van der Waals surface area contributed by atoms with E-state index in [-0.39, 0.29) is 23.9 Å². The Kier molecular flexibility index (Phi) is 6.24. The molecule has 0 spiro atoms. The molecule has 2 atom stereocenters. The summed E-state index contributed by atoms with van der Waals surface area (Å²) in [5.41, 5.74) is 0. The summed E-state index contributed by atoms with van der Waals surface area (Å²) in [7, 11) is 0. The van der Waals surface area contributed by atoms with Crippen LogP contribution < -0.4 is 10.6 Å². The van der Waals surface area contributed by atoms with Crippen LogP contribution in [-0.2, 0) is 9.59 Å². The van der Waals surface area contributed by atoms with E-state index in [1.807, 2.05) is 6.92 Å². The van der Waals surface area contributed by atoms with Gasteiger partial charge in [0.05, 0.1) is 6.04 Å². The summed E-state index contributed by atoms with van der Waals surface area (Å²) >= 11 is 0. The van der Waals surface area contributed by atoms with Crippen LogP contribution in [-0.4, -0.2) is 47.9 Å². The highest BCUT2D eigenvalue weighted by molar-refractivity contribution is 5.81. The topological polar surface area (TPSA) is 61.4 Å². The number of carbonyl (C=O) groups is 2. The third-order valence-corrected chi connectivity index (χ3v) is 5.15. The van der Waals surface area contributed by atoms with Crippen LogP contribution in [0.1, 0.15) is 59.3 Å². The van der Waals surface area contributed by atoms with Crippen LogP contribution in [0.5, 0.6) is 0 Å². The molecule has 2 rings (SSSR count). The highest BCUT2D eigenvalue weighted by Crippen LogP contribution is 2.23. The van der Waals surface area contributed by atoms with Gasteiger partial charge in [-0.15, -0.1) is 0 Å². The Bertz CT molecular complexity index is 391. The van der Waals surface area contributed by atoms with Gasteiger partial charge < -0.3 is 10.6 Å². The molecule has 1 saturated heterocycles. The van der Waals surface area contributed by atoms with Crippen LogP contribution in [0, 0.1) is 5.92 Å². The molecule has 1 aliphatic heterocycles. The molecular weight excluding hydrogens is 278 g/mol. The fourth-order valence-corrected chi connectivity index (χ4v) is 3.66. The molecule has 0 aromatic heterocycles. The van der Waals surface area contributed by atoms with Gasteiger partial charge in [0.15, 0.2) is 0 Å². The number of nitrogens with one attached hydrogen (secondary N) is 2. The summed E-state index contributed by atoms with van der Waals surface area (Å²) in [4.78, 5) is 25.9. The average Bonchev–Trinajstić information content (AvgIpc) is 2.48. The van der Waals surface area contributed by atoms with Crippen molar-refractivity contribution in [3.05, 3.63) is 0 Å². The van der Waals surface area contributed by atoms with Gasteiger partial charge in [-0.2, -0.15) is 0 Å². The second-order valence-electron chi connectivity index (χ2n) is 7.18. The molecule has 0 aromatic rings. The molecule has 1 aliphatic carbocycles. The van der Waals surface area contributed by atoms with Gasteiger partial charge in [-0.25, -0.2) is 0 Å². The van der Waals surface area contributed by atoms with Crippen molar-refractivity contribution < 1.29 is 9.59 Å². The first-order valence-electron chi connectivity index (χ1n) is 8.77. The maximum atomic E-state index is 12.5. The number of amides is 2. The van der Waals surface area contributed by atoms with Crippen molar-refractivity contribution in [2.45, 2.75) is 77.4 Å². The molecule has 2 N–H and O–H groups in total. The van der Waals surface area contributed by atoms with E-state index in [2.05, 4.69) is 22.5 Å². The normalized spacial score (nSPS) is 31.3. The third kappa shape index (κ3) is 4.97. The highest BCUT2D eigenvalue weighted by Gasteiger charge is 2.29. The van der Waals surface area contributed by atoms with Crippen LogP contribution in [0.15, 0.2) is 0 Å². The lowest BCUT2D eigenvalue weighted by Gasteiger charge is -2.37. The van der Waals surface area contributed by atoms with Gasteiger partial charge in [-0.05, 0) is 57.9 Å². The molecule has 0 unspecified atom stereocenters. The van der Waals surface area contributed by atoms with Gasteiger partial charge in [0.25, 0.3) is 0 Å². The highest BCUT2D eigenvalue weighted by atomic mass is 16.2. The van der Waals surface area contributed by atoms with Crippen LogP contribution >= 0.6 is 0 Å². The molecule has 0 aromatic carbocycles. The van der Waals surface area contributed by atoms with E-state index < -0.39 is 0 Å². The minimum atomic E-state index is -0.115. The van der Waals surface area contributed by atoms with Gasteiger partial charge in [0.2, 0.25) is 11.8 Å². The van der Waals surface area contributed by atoms with Gasteiger partial charge in [0.1, 0.15) is 0 Å². The third-order valence-electron chi connectivity index (χ3n) is 5.15. The van der Waals surface area contributed by atoms with Gasteiger partial charge in [0, 0.05) is 25.6 Å². The molecule has 0 radical (unpaired) electrons. The number of rotatable bonds is 4. The standard InChI is InChI=1S/C17H31N3O2/c1-12-6-8-15(9-7-12)19-17(22)13(2)20-10-4-5-16(11-20)18-14(3)21/h12-13,15-16H,4-11H2,1-3H3,(H,18,21)(H,19,22)/t12?,13-,15?,16-/m1/s1. The van der Waals surface area contributed by atoms with E-state index in [1.54, 1.807) is 6.92 Å². The predicted octanol–water partition coefficient (Wildman–Crippen LogP) is 1.67. The Morgan fingerprint density at radius 3 is 2.36 bits per heavy atom. The van der Waals surface area contributed by atoms with E-state index >= 15 is 0 Å². The molecule has 5 heteroatoms. The van der Waals surface area contributed by atoms with Gasteiger partial charge in [-0.3, -0.25) is 14.5 Å². The number of carbonyl (C=O) groups excluding carboxylic acids is 2. The summed E-state index contributed by atoms with van der Waals surface area (Å²) in [5.74, 6) is 0.953. The molecule has 2 amide bonds. The van der Waals surface area contributed by atoms with Crippen molar-refractivity contribution in [3.63, 3.8) is 0 Å². The molecule has 1 heterocycles. The molecule has 2 fully saturated rings. The zero-order valence-corrected chi connectivity index (χ0v) is 14.2. The maximum absolute atomic E-state index is 12.5. The minimum Gasteiger partial charge on any atom is -0.352 e. The lowest BCUT2D eigenvalue weighted by atomic mass is 9.87. The Balaban J connectivity index is 1.80. The van der Waals surface area contributed by atoms with Crippen LogP contribution in [0.3, 0.4) is 0 Å². The molecule has 22 heavy (non-hydrogen) atoms. The van der Waals surface area contributed by atoms with Gasteiger partial charge in [-0.1, -0.05) is 6.92 Å². The summed E-state index contributed by atoms with van der Waals surface area (Å²) < 4.78 is 0. The first-order valence-corrected chi connectivity index (χ1v) is 8.77. The lowest BCUT2D eigenvalue weighted by Crippen LogP contribution is -2.55. The predicted molar refractivity (Wildman–Crippen MR) is 87.4 cm³/mol. The zero-order valence-electron chi connectivity index (χ0n) is 14.2. The fraction of sp³-hybridized carbons (Fsp3) is 0.882. The number of hydrogen-bond acceptors (Lipinski definition) is 3. The maximum Gasteiger partial charge on any atom is 0.237 e. The molecular formula is C17H31N3O2. The van der Waals surface area contributed by atoms with Crippen LogP contribution in [0.25, 0.3) is 0 Å². The van der Waals surface area contributed by atoms with Crippen LogP contribution in [0.2, 0.25) is 0 Å². The minimum absolute atomic E-state index is 0.0141. The first kappa shape index (κ1) is 17.3. The number of piperidine rings is 1. The average molecular weight is 309 g/mol. The second kappa shape index (κ2) is 7.95. The first-order chi connectivity index (χ1) is 10.5. The Morgan fingerprint density at radius 1 is 1.05 bits per heavy atom. The van der Waals surface area contributed by atoms with Crippen molar-refractivity contribution in [2.75, 3.05) is 13.1 Å². The van der Waals surface area contributed by atoms with Crippen LogP contribution in [0.4, 0.5) is 0 Å².